The molecule has 9 heteroatoms. The van der Waals surface area contributed by atoms with Crippen LogP contribution in [0.4, 0.5) is 0 Å². The van der Waals surface area contributed by atoms with Crippen molar-refractivity contribution in [2.45, 2.75) is 52.5 Å². The van der Waals surface area contributed by atoms with Crippen LogP contribution in [0.2, 0.25) is 0 Å². The number of phenolic OH excluding ortho intramolecular Hbond substituents is 2. The molecule has 3 N–H and O–H groups in total. The van der Waals surface area contributed by atoms with Crippen molar-refractivity contribution >= 4 is 16.8 Å². The van der Waals surface area contributed by atoms with Crippen LogP contribution >= 0.6 is 0 Å². The van der Waals surface area contributed by atoms with E-state index in [-0.39, 0.29) is 29.1 Å². The van der Waals surface area contributed by atoms with Crippen LogP contribution in [0.15, 0.2) is 42.6 Å². The zero-order chi connectivity index (χ0) is 27.7. The van der Waals surface area contributed by atoms with Gasteiger partial charge in [-0.1, -0.05) is 13.8 Å². The second-order valence-electron chi connectivity index (χ2n) is 10.9. The minimum atomic E-state index is -0.352. The molecule has 2 aromatic heterocycles. The van der Waals surface area contributed by atoms with E-state index in [0.29, 0.717) is 23.5 Å². The van der Waals surface area contributed by atoms with Crippen LogP contribution < -0.4 is 5.32 Å². The Morgan fingerprint density at radius 3 is 2.56 bits per heavy atom. The molecule has 1 aliphatic heterocycles. The van der Waals surface area contributed by atoms with Crippen molar-refractivity contribution < 1.29 is 15.0 Å². The molecule has 0 spiro atoms. The molecule has 3 heterocycles. The molecule has 0 aliphatic carbocycles. The number of benzene rings is 2. The van der Waals surface area contributed by atoms with Crippen LogP contribution in [-0.2, 0) is 6.54 Å². The maximum absolute atomic E-state index is 13.0. The smallest absolute Gasteiger partial charge is 0.289 e. The van der Waals surface area contributed by atoms with Gasteiger partial charge in [-0.3, -0.25) is 9.36 Å². The highest BCUT2D eigenvalue weighted by Crippen LogP contribution is 2.38. The minimum Gasteiger partial charge on any atom is -0.508 e. The van der Waals surface area contributed by atoms with Crippen LogP contribution in [-0.4, -0.2) is 67.0 Å². The van der Waals surface area contributed by atoms with Gasteiger partial charge in [-0.25, -0.2) is 0 Å². The van der Waals surface area contributed by atoms with E-state index in [1.165, 1.54) is 32.0 Å². The summed E-state index contributed by atoms with van der Waals surface area (Å²) in [7, 11) is 2.19. The van der Waals surface area contributed by atoms with E-state index in [2.05, 4.69) is 50.4 Å². The topological polar surface area (TPSA) is 108 Å². The van der Waals surface area contributed by atoms with Crippen molar-refractivity contribution in [1.29, 1.82) is 0 Å². The summed E-state index contributed by atoms with van der Waals surface area (Å²) in [4.78, 5) is 15.4. The van der Waals surface area contributed by atoms with E-state index in [1.807, 2.05) is 32.9 Å². The third-order valence-corrected chi connectivity index (χ3v) is 7.84. The number of rotatable bonds is 8. The van der Waals surface area contributed by atoms with Gasteiger partial charge in [0.05, 0.1) is 11.3 Å². The molecule has 2 aromatic carbocycles. The second kappa shape index (κ2) is 11.1. The third kappa shape index (κ3) is 5.36. The van der Waals surface area contributed by atoms with Crippen LogP contribution in [0.3, 0.4) is 0 Å². The maximum atomic E-state index is 13.0. The number of likely N-dealkylation sites (tertiary alicyclic amines) is 1. The number of aromatic nitrogens is 4. The lowest BCUT2D eigenvalue weighted by Crippen LogP contribution is -2.30. The van der Waals surface area contributed by atoms with Gasteiger partial charge >= 0.3 is 0 Å². The normalized spacial score (nSPS) is 14.9. The fourth-order valence-corrected chi connectivity index (χ4v) is 5.52. The van der Waals surface area contributed by atoms with Crippen molar-refractivity contribution in [1.82, 2.24) is 29.5 Å². The number of hydrogen-bond acceptors (Lipinski definition) is 6. The molecule has 1 saturated heterocycles. The van der Waals surface area contributed by atoms with Crippen LogP contribution in [0.1, 0.15) is 62.1 Å². The number of phenols is 2. The number of hydrogen-bond donors (Lipinski definition) is 3. The number of carbonyl (C=O) groups excluding carboxylic acids is 1. The van der Waals surface area contributed by atoms with Gasteiger partial charge in [0.25, 0.3) is 5.91 Å². The van der Waals surface area contributed by atoms with Crippen LogP contribution in [0.25, 0.3) is 28.0 Å². The van der Waals surface area contributed by atoms with Crippen molar-refractivity contribution in [2.24, 2.45) is 5.92 Å². The van der Waals surface area contributed by atoms with Crippen LogP contribution in [0, 0.1) is 5.92 Å². The monoisotopic (exact) mass is 530 g/mol. The number of fused-ring (bicyclic) bond motifs is 1. The number of carbonyl (C=O) groups is 1. The quantitative estimate of drug-likeness (QED) is 0.299. The van der Waals surface area contributed by atoms with Crippen LogP contribution in [0.5, 0.6) is 11.5 Å². The van der Waals surface area contributed by atoms with Crippen molar-refractivity contribution in [2.75, 3.05) is 26.7 Å². The summed E-state index contributed by atoms with van der Waals surface area (Å²) in [5.74, 6) is 0.774. The molecule has 0 atom stereocenters. The largest absolute Gasteiger partial charge is 0.508 e. The first-order valence-electron chi connectivity index (χ1n) is 13.8. The third-order valence-electron chi connectivity index (χ3n) is 7.84. The first-order valence-corrected chi connectivity index (χ1v) is 13.8. The first kappa shape index (κ1) is 26.7. The molecule has 1 aliphatic rings. The molecule has 9 nitrogen and oxygen atoms in total. The van der Waals surface area contributed by atoms with E-state index in [4.69, 9.17) is 0 Å². The van der Waals surface area contributed by atoms with E-state index in [0.717, 1.165) is 35.5 Å². The Balaban J connectivity index is 1.53. The summed E-state index contributed by atoms with van der Waals surface area (Å²) >= 11 is 0. The Labute approximate surface area is 229 Å². The van der Waals surface area contributed by atoms with Gasteiger partial charge in [0.2, 0.25) is 5.82 Å². The van der Waals surface area contributed by atoms with E-state index < -0.39 is 0 Å². The predicted molar refractivity (Wildman–Crippen MR) is 153 cm³/mol. The number of nitrogens with one attached hydrogen (secondary N) is 1. The molecular formula is C30H38N6O3. The molecule has 0 bridgehead atoms. The highest BCUT2D eigenvalue weighted by molar-refractivity contribution is 5.93. The molecule has 39 heavy (non-hydrogen) atoms. The fourth-order valence-electron chi connectivity index (χ4n) is 5.52. The highest BCUT2D eigenvalue weighted by atomic mass is 16.3. The molecule has 5 rings (SSSR count). The van der Waals surface area contributed by atoms with E-state index in [9.17, 15) is 15.0 Å². The zero-order valence-electron chi connectivity index (χ0n) is 23.2. The molecule has 0 saturated carbocycles. The maximum Gasteiger partial charge on any atom is 0.289 e. The predicted octanol–water partition coefficient (Wildman–Crippen LogP) is 4.91. The summed E-state index contributed by atoms with van der Waals surface area (Å²) in [5.41, 5.74) is 2.93. The van der Waals surface area contributed by atoms with Gasteiger partial charge in [0, 0.05) is 36.3 Å². The fraction of sp³-hybridized carbons (Fsp3) is 0.433. The summed E-state index contributed by atoms with van der Waals surface area (Å²) in [5, 5.41) is 33.6. The highest BCUT2D eigenvalue weighted by Gasteiger charge is 2.25. The average molecular weight is 531 g/mol. The van der Waals surface area contributed by atoms with Gasteiger partial charge in [0.15, 0.2) is 5.82 Å². The molecule has 0 radical (unpaired) electrons. The number of aromatic hydroxyl groups is 2. The zero-order valence-corrected chi connectivity index (χ0v) is 23.2. The van der Waals surface area contributed by atoms with Gasteiger partial charge in [-0.15, -0.1) is 10.2 Å². The van der Waals surface area contributed by atoms with Crippen molar-refractivity contribution in [3.05, 3.63) is 54.0 Å². The lowest BCUT2D eigenvalue weighted by molar-refractivity contribution is 0.0943. The Hall–Kier alpha value is -3.85. The molecular weight excluding hydrogens is 492 g/mol. The molecule has 1 amide bonds. The lowest BCUT2D eigenvalue weighted by atomic mass is 9.94. The molecule has 4 aromatic rings. The van der Waals surface area contributed by atoms with E-state index >= 15 is 0 Å². The lowest BCUT2D eigenvalue weighted by Gasteiger charge is -2.29. The summed E-state index contributed by atoms with van der Waals surface area (Å²) in [6.07, 6.45) is 5.79. The van der Waals surface area contributed by atoms with Gasteiger partial charge in [0.1, 0.15) is 11.5 Å². The Morgan fingerprint density at radius 2 is 1.85 bits per heavy atom. The van der Waals surface area contributed by atoms with E-state index in [1.54, 1.807) is 10.6 Å². The first-order chi connectivity index (χ1) is 18.8. The number of piperidine rings is 1. The SMILES string of the molecule is CCNC(=O)c1nnc(-c2cc(C(C)C)c(O)cc2O)n1-c1ccc2c(ccn2CCC2CCN(C)CC2)c1. The van der Waals surface area contributed by atoms with Gasteiger partial charge in [-0.2, -0.15) is 0 Å². The van der Waals surface area contributed by atoms with Gasteiger partial charge in [-0.05, 0) is 94.1 Å². The average Bonchev–Trinajstić information content (AvgIpc) is 3.52. The summed E-state index contributed by atoms with van der Waals surface area (Å²) < 4.78 is 3.98. The molecule has 1 fully saturated rings. The number of aryl methyl sites for hydroxylation is 1. The molecule has 0 unspecified atom stereocenters. The Morgan fingerprint density at radius 1 is 1.08 bits per heavy atom. The minimum absolute atomic E-state index is 0.0178. The second-order valence-corrected chi connectivity index (χ2v) is 10.9. The molecule has 206 valence electrons. The van der Waals surface area contributed by atoms with Crippen molar-refractivity contribution in [3.63, 3.8) is 0 Å². The summed E-state index contributed by atoms with van der Waals surface area (Å²) in [6, 6.07) is 11.2. The standard InChI is InChI=1S/C30H38N6O3/c1-5-31-30(39)29-33-32-28(24-17-23(19(2)3)26(37)18-27(24)38)36(29)22-6-7-25-21(16-22)11-15-35(25)14-10-20-8-12-34(4)13-9-20/h6-7,11,15-20,37-38H,5,8-10,12-14H2,1-4H3,(H,31,39). The number of nitrogens with zero attached hydrogens (tertiary/aromatic N) is 5. The Bertz CT molecular complexity index is 1480. The van der Waals surface area contributed by atoms with Gasteiger partial charge < -0.3 is 25.0 Å². The van der Waals surface area contributed by atoms with Crippen molar-refractivity contribution in [3.8, 4) is 28.6 Å². The number of amides is 1. The summed E-state index contributed by atoms with van der Waals surface area (Å²) in [6.45, 7) is 9.54. The Kier molecular flexibility index (Phi) is 7.61.